The molecule has 0 aromatic heterocycles. The molecule has 2 atom stereocenters. The van der Waals surface area contributed by atoms with Crippen LogP contribution in [0, 0.1) is 22.7 Å². The molecule has 3 rings (SSSR count). The summed E-state index contributed by atoms with van der Waals surface area (Å²) in [7, 11) is 0. The van der Waals surface area contributed by atoms with E-state index in [2.05, 4.69) is 47.0 Å². The topological polar surface area (TPSA) is 71.6 Å². The van der Waals surface area contributed by atoms with Crippen molar-refractivity contribution in [2.24, 2.45) is 0 Å². The summed E-state index contributed by atoms with van der Waals surface area (Å²) in [5, 5.41) is 25.7. The van der Waals surface area contributed by atoms with Gasteiger partial charge in [-0.2, -0.15) is 10.5 Å². The second-order valence-corrected chi connectivity index (χ2v) is 7.17. The minimum Gasteiger partial charge on any atom is -0.298 e. The molecule has 0 bridgehead atoms. The minimum atomic E-state index is -0.366. The van der Waals surface area contributed by atoms with E-state index in [-0.39, 0.29) is 12.1 Å². The van der Waals surface area contributed by atoms with Crippen LogP contribution in [0.15, 0.2) is 84.9 Å². The number of rotatable bonds is 10. The summed E-state index contributed by atoms with van der Waals surface area (Å²) >= 11 is 0. The maximum Gasteiger partial charge on any atom is 0.121 e. The first-order valence-corrected chi connectivity index (χ1v) is 10.2. The van der Waals surface area contributed by atoms with Crippen LogP contribution in [0.3, 0.4) is 0 Å². The highest BCUT2D eigenvalue weighted by Crippen LogP contribution is 2.18. The second-order valence-electron chi connectivity index (χ2n) is 7.17. The Labute approximate surface area is 178 Å². The van der Waals surface area contributed by atoms with Gasteiger partial charge in [0.25, 0.3) is 0 Å². The van der Waals surface area contributed by atoms with Crippen LogP contribution in [0.1, 0.15) is 34.3 Å². The summed E-state index contributed by atoms with van der Waals surface area (Å²) in [4.78, 5) is 0. The zero-order valence-corrected chi connectivity index (χ0v) is 17.0. The third kappa shape index (κ3) is 6.29. The Kier molecular flexibility index (Phi) is 8.18. The summed E-state index contributed by atoms with van der Waals surface area (Å²) in [6.07, 6.45) is 1.75. The van der Waals surface area contributed by atoms with Crippen molar-refractivity contribution in [2.45, 2.75) is 24.9 Å². The number of nitrogens with zero attached hydrogens (tertiary/aromatic N) is 2. The number of benzene rings is 3. The molecule has 0 aliphatic heterocycles. The van der Waals surface area contributed by atoms with Gasteiger partial charge in [-0.15, -0.1) is 0 Å². The molecule has 0 fully saturated rings. The van der Waals surface area contributed by atoms with Crippen LogP contribution < -0.4 is 10.6 Å². The molecule has 0 saturated carbocycles. The van der Waals surface area contributed by atoms with Crippen LogP contribution in [0.2, 0.25) is 0 Å². The highest BCUT2D eigenvalue weighted by molar-refractivity contribution is 5.32. The summed E-state index contributed by atoms with van der Waals surface area (Å²) in [5.41, 5.74) is 4.32. The first-order chi connectivity index (χ1) is 14.8. The molecule has 150 valence electrons. The fraction of sp³-hybridized carbons (Fsp3) is 0.231. The van der Waals surface area contributed by atoms with Gasteiger partial charge in [0, 0.05) is 13.1 Å². The van der Waals surface area contributed by atoms with Crippen molar-refractivity contribution in [1.29, 1.82) is 10.5 Å². The first-order valence-electron chi connectivity index (χ1n) is 10.2. The van der Waals surface area contributed by atoms with Gasteiger partial charge in [0.1, 0.15) is 12.1 Å². The average Bonchev–Trinajstić information content (AvgIpc) is 2.81. The number of hydrogen-bond acceptors (Lipinski definition) is 4. The van der Waals surface area contributed by atoms with E-state index in [9.17, 15) is 10.5 Å². The van der Waals surface area contributed by atoms with Gasteiger partial charge in [-0.25, -0.2) is 0 Å². The molecule has 4 nitrogen and oxygen atoms in total. The Morgan fingerprint density at radius 3 is 1.27 bits per heavy atom. The normalized spacial score (nSPS) is 12.5. The lowest BCUT2D eigenvalue weighted by Gasteiger charge is -2.15. The van der Waals surface area contributed by atoms with Crippen LogP contribution in [-0.4, -0.2) is 13.1 Å². The number of nitrogens with one attached hydrogen (secondary N) is 2. The fourth-order valence-electron chi connectivity index (χ4n) is 3.37. The lowest BCUT2D eigenvalue weighted by atomic mass is 10.0. The average molecular weight is 395 g/mol. The van der Waals surface area contributed by atoms with E-state index < -0.39 is 0 Å². The van der Waals surface area contributed by atoms with Gasteiger partial charge >= 0.3 is 0 Å². The smallest absolute Gasteiger partial charge is 0.121 e. The lowest BCUT2D eigenvalue weighted by molar-refractivity contribution is 0.622. The first kappa shape index (κ1) is 21.3. The predicted molar refractivity (Wildman–Crippen MR) is 119 cm³/mol. The molecular weight excluding hydrogens is 368 g/mol. The SMILES string of the molecule is N#C[C@H](NCCc1ccccc1)c1ccc([C@@H](C#N)NCCc2ccccc2)cc1. The third-order valence-electron chi connectivity index (χ3n) is 5.07. The van der Waals surface area contributed by atoms with Gasteiger partial charge in [-0.05, 0) is 35.1 Å². The Morgan fingerprint density at radius 2 is 0.933 bits per heavy atom. The van der Waals surface area contributed by atoms with Crippen LogP contribution in [0.25, 0.3) is 0 Å². The summed E-state index contributed by atoms with van der Waals surface area (Å²) < 4.78 is 0. The van der Waals surface area contributed by atoms with E-state index in [1.54, 1.807) is 0 Å². The van der Waals surface area contributed by atoms with Gasteiger partial charge in [0.05, 0.1) is 12.1 Å². The molecule has 0 aliphatic carbocycles. The molecule has 3 aromatic rings. The molecule has 0 heterocycles. The monoisotopic (exact) mass is 394 g/mol. The van der Waals surface area contributed by atoms with Gasteiger partial charge in [-0.3, -0.25) is 10.6 Å². The van der Waals surface area contributed by atoms with Crippen LogP contribution >= 0.6 is 0 Å². The standard InChI is InChI=1S/C26H26N4/c27-19-25(29-17-15-21-7-3-1-4-8-21)23-11-13-24(14-12-23)26(20-28)30-18-16-22-9-5-2-6-10-22/h1-14,25-26,29-30H,15-18H2/t25-,26+. The zero-order valence-electron chi connectivity index (χ0n) is 17.0. The summed E-state index contributed by atoms with van der Waals surface area (Å²) in [6.45, 7) is 1.46. The molecule has 0 saturated heterocycles. The minimum absolute atomic E-state index is 0.366. The molecule has 0 amide bonds. The van der Waals surface area contributed by atoms with Crippen molar-refractivity contribution in [3.05, 3.63) is 107 Å². The van der Waals surface area contributed by atoms with Crippen molar-refractivity contribution >= 4 is 0 Å². The Hall–Kier alpha value is -3.44. The van der Waals surface area contributed by atoms with Crippen molar-refractivity contribution in [3.63, 3.8) is 0 Å². The summed E-state index contributed by atoms with van der Waals surface area (Å²) in [5.74, 6) is 0. The Bertz CT molecular complexity index is 887. The maximum absolute atomic E-state index is 9.55. The van der Waals surface area contributed by atoms with Crippen LogP contribution in [-0.2, 0) is 12.8 Å². The molecule has 30 heavy (non-hydrogen) atoms. The van der Waals surface area contributed by atoms with E-state index in [4.69, 9.17) is 0 Å². The summed E-state index contributed by atoms with van der Waals surface area (Å²) in [6, 6.07) is 32.1. The third-order valence-corrected chi connectivity index (χ3v) is 5.07. The van der Waals surface area contributed by atoms with E-state index in [1.165, 1.54) is 11.1 Å². The molecule has 0 unspecified atom stereocenters. The van der Waals surface area contributed by atoms with Gasteiger partial charge < -0.3 is 0 Å². The van der Waals surface area contributed by atoms with Gasteiger partial charge in [0.2, 0.25) is 0 Å². The molecule has 2 N–H and O–H groups in total. The van der Waals surface area contributed by atoms with Gasteiger partial charge in [0.15, 0.2) is 0 Å². The molecule has 0 aliphatic rings. The van der Waals surface area contributed by atoms with E-state index >= 15 is 0 Å². The van der Waals surface area contributed by atoms with Crippen LogP contribution in [0.4, 0.5) is 0 Å². The second kappa shape index (κ2) is 11.5. The Morgan fingerprint density at radius 1 is 0.567 bits per heavy atom. The van der Waals surface area contributed by atoms with E-state index in [0.717, 1.165) is 37.1 Å². The zero-order chi connectivity index (χ0) is 21.0. The fourth-order valence-corrected chi connectivity index (χ4v) is 3.37. The van der Waals surface area contributed by atoms with E-state index in [0.29, 0.717) is 0 Å². The Balaban J connectivity index is 1.52. The van der Waals surface area contributed by atoms with Crippen molar-refractivity contribution < 1.29 is 0 Å². The number of hydrogen-bond donors (Lipinski definition) is 2. The molecule has 0 radical (unpaired) electrons. The highest BCUT2D eigenvalue weighted by Gasteiger charge is 2.13. The molecule has 3 aromatic carbocycles. The van der Waals surface area contributed by atoms with Crippen LogP contribution in [0.5, 0.6) is 0 Å². The largest absolute Gasteiger partial charge is 0.298 e. The quantitative estimate of drug-likeness (QED) is 0.532. The van der Waals surface area contributed by atoms with Crippen molar-refractivity contribution in [1.82, 2.24) is 10.6 Å². The highest BCUT2D eigenvalue weighted by atomic mass is 14.9. The molecular formula is C26H26N4. The molecule has 0 spiro atoms. The maximum atomic E-state index is 9.55. The van der Waals surface area contributed by atoms with Crippen molar-refractivity contribution in [2.75, 3.05) is 13.1 Å². The van der Waals surface area contributed by atoms with Crippen molar-refractivity contribution in [3.8, 4) is 12.1 Å². The lowest BCUT2D eigenvalue weighted by Crippen LogP contribution is -2.24. The molecule has 4 heteroatoms. The van der Waals surface area contributed by atoms with Gasteiger partial charge in [-0.1, -0.05) is 84.9 Å². The number of nitriles is 2. The van der Waals surface area contributed by atoms with E-state index in [1.807, 2.05) is 60.7 Å². The predicted octanol–water partition coefficient (Wildman–Crippen LogP) is 4.48.